The zero-order chi connectivity index (χ0) is 18.3. The molecule has 0 saturated carbocycles. The van der Waals surface area contributed by atoms with Gasteiger partial charge in [-0.2, -0.15) is 8.42 Å². The number of carbonyl (C=O) groups excluding carboxylic acids is 2. The van der Waals surface area contributed by atoms with Gasteiger partial charge in [-0.05, 0) is 23.8 Å². The number of unbranched alkanes of at least 4 members (excludes halogenated alkanes) is 5. The van der Waals surface area contributed by atoms with Crippen molar-refractivity contribution >= 4 is 22.1 Å². The molecule has 0 rings (SSSR count). The minimum Gasteiger partial charge on any atom is -0.550 e. The van der Waals surface area contributed by atoms with Gasteiger partial charge >= 0.3 is 59.1 Å². The summed E-state index contributed by atoms with van der Waals surface area (Å²) in [5, 5.41) is 19.6. The first kappa shape index (κ1) is 33.3. The largest absolute Gasteiger partial charge is 1.00 e. The third-order valence-corrected chi connectivity index (χ3v) is 3.79. The van der Waals surface area contributed by atoms with Crippen LogP contribution in [0.3, 0.4) is 0 Å². The Morgan fingerprint density at radius 3 is 1.96 bits per heavy atom. The molecule has 0 aromatic carbocycles. The van der Waals surface area contributed by atoms with E-state index in [0.29, 0.717) is 6.42 Å². The van der Waals surface area contributed by atoms with Crippen molar-refractivity contribution in [1.29, 1.82) is 0 Å². The van der Waals surface area contributed by atoms with Crippen LogP contribution < -0.4 is 75.1 Å². The molecule has 2 N–H and O–H groups in total. The second kappa shape index (κ2) is 21.0. The summed E-state index contributed by atoms with van der Waals surface area (Å²) in [4.78, 5) is 19.6. The van der Waals surface area contributed by atoms with E-state index in [0.717, 1.165) is 25.7 Å². The van der Waals surface area contributed by atoms with E-state index in [2.05, 4.69) is 11.3 Å². The van der Waals surface area contributed by atoms with Gasteiger partial charge in [-0.25, -0.2) is 0 Å². The average molecular weight is 403 g/mol. The van der Waals surface area contributed by atoms with Crippen molar-refractivity contribution in [1.82, 2.24) is 0 Å². The predicted octanol–water partition coefficient (Wildman–Crippen LogP) is -6.82. The second-order valence-electron chi connectivity index (χ2n) is 4.93. The summed E-state index contributed by atoms with van der Waals surface area (Å²) in [5.41, 5.74) is 4.91. The summed E-state index contributed by atoms with van der Waals surface area (Å²) >= 11 is 0. The minimum atomic E-state index is -3.88. The predicted molar refractivity (Wildman–Crippen MR) is 76.6 cm³/mol. The molecule has 0 spiro atoms. The first-order chi connectivity index (χ1) is 10.7. The number of carbonyl (C=O) groups is 2. The number of aliphatic carboxylic acids is 2. The molecule has 1 atom stereocenters. The smallest absolute Gasteiger partial charge is 0.550 e. The number of carboxylic acid groups (broad SMARTS) is 2. The molecule has 0 aliphatic heterocycles. The fourth-order valence-electron chi connectivity index (χ4n) is 1.48. The van der Waals surface area contributed by atoms with Crippen LogP contribution in [0, 0.1) is 0 Å². The first-order valence-corrected chi connectivity index (χ1v) is 8.93. The van der Waals surface area contributed by atoms with Crippen LogP contribution in [0.15, 0.2) is 0 Å². The summed E-state index contributed by atoms with van der Waals surface area (Å²) in [6.45, 7) is 2.11. The molecule has 0 radical (unpaired) electrons. The molecular weight excluding hydrogens is 379 g/mol. The summed E-state index contributed by atoms with van der Waals surface area (Å²) in [6.07, 6.45) is 5.26. The van der Waals surface area contributed by atoms with E-state index in [1.54, 1.807) is 0 Å². The van der Waals surface area contributed by atoms with Gasteiger partial charge < -0.3 is 25.5 Å². The van der Waals surface area contributed by atoms with Gasteiger partial charge in [0, 0.05) is 12.0 Å². The number of carboxylic acids is 2. The van der Waals surface area contributed by atoms with Crippen LogP contribution in [0.5, 0.6) is 0 Å². The maximum absolute atomic E-state index is 11.3. The average Bonchev–Trinajstić information content (AvgIpc) is 2.48. The van der Waals surface area contributed by atoms with E-state index >= 15 is 0 Å². The van der Waals surface area contributed by atoms with Gasteiger partial charge in [-0.15, -0.1) is 0 Å². The van der Waals surface area contributed by atoms with Crippen LogP contribution in [0.2, 0.25) is 0 Å². The fourth-order valence-corrected chi connectivity index (χ4v) is 2.10. The standard InChI is InChI=1S/C8H17FO3S.C5H9NO4.2Na/c1-2-3-4-5-6-7-8-13(10,11)12-9;6-3(5(9)10)1-2-4(7)8;;/h2-8H2,1H3;3H,1-2,6H2,(H,7,8)(H,9,10);;/q;;2*+1/p-2. The fraction of sp³-hybridized carbons (Fsp3) is 0.846. The van der Waals surface area contributed by atoms with Crippen LogP contribution >= 0.6 is 0 Å². The molecule has 8 nitrogen and oxygen atoms in total. The summed E-state index contributed by atoms with van der Waals surface area (Å²) in [5.74, 6) is -2.96. The van der Waals surface area contributed by atoms with E-state index in [4.69, 9.17) is 5.73 Å². The normalized spacial score (nSPS) is 11.2. The molecule has 138 valence electrons. The molecule has 0 fully saturated rings. The van der Waals surface area contributed by atoms with E-state index in [1.165, 1.54) is 6.42 Å². The SMILES string of the molecule is CCCCCCCCS(=O)(=O)OF.NC(CCC(=O)[O-])C(=O)[O-].[Na+].[Na+]. The van der Waals surface area contributed by atoms with Gasteiger partial charge in [0.05, 0.1) is 11.7 Å². The first-order valence-electron chi connectivity index (χ1n) is 7.35. The Morgan fingerprint density at radius 2 is 1.56 bits per heavy atom. The molecule has 0 bridgehead atoms. The van der Waals surface area contributed by atoms with Gasteiger partial charge in [0.2, 0.25) is 0 Å². The van der Waals surface area contributed by atoms with Gasteiger partial charge in [0.1, 0.15) is 0 Å². The van der Waals surface area contributed by atoms with E-state index in [-0.39, 0.29) is 77.7 Å². The van der Waals surface area contributed by atoms with E-state index < -0.39 is 28.1 Å². The van der Waals surface area contributed by atoms with E-state index in [1.807, 2.05) is 0 Å². The van der Waals surface area contributed by atoms with Gasteiger partial charge in [-0.3, -0.25) is 0 Å². The molecule has 0 saturated heterocycles. The van der Waals surface area contributed by atoms with Crippen LogP contribution in [-0.2, 0) is 24.1 Å². The zero-order valence-corrected chi connectivity index (χ0v) is 20.0. The Hall–Kier alpha value is 0.740. The quantitative estimate of drug-likeness (QED) is 0.250. The molecule has 0 amide bonds. The number of hydrogen-bond acceptors (Lipinski definition) is 8. The number of nitrogens with two attached hydrogens (primary N) is 1. The van der Waals surface area contributed by atoms with Gasteiger partial charge in [0.15, 0.2) is 0 Å². The molecular formula is C13H24FNNa2O7S. The molecule has 0 heterocycles. The monoisotopic (exact) mass is 403 g/mol. The van der Waals surface area contributed by atoms with Crippen molar-refractivity contribution in [2.24, 2.45) is 5.73 Å². The molecule has 0 aliphatic rings. The van der Waals surface area contributed by atoms with Gasteiger partial charge in [0.25, 0.3) is 10.1 Å². The van der Waals surface area contributed by atoms with Crippen molar-refractivity contribution in [3.8, 4) is 0 Å². The third-order valence-electron chi connectivity index (χ3n) is 2.81. The second-order valence-corrected chi connectivity index (χ2v) is 6.58. The Labute approximate surface area is 192 Å². The Morgan fingerprint density at radius 1 is 1.08 bits per heavy atom. The van der Waals surface area contributed by atoms with Crippen molar-refractivity contribution in [3.63, 3.8) is 0 Å². The molecule has 12 heteroatoms. The summed E-state index contributed by atoms with van der Waals surface area (Å²) in [6, 6.07) is -1.21. The molecule has 1 unspecified atom stereocenters. The van der Waals surface area contributed by atoms with E-state index in [9.17, 15) is 32.7 Å². The molecule has 0 aromatic heterocycles. The zero-order valence-electron chi connectivity index (χ0n) is 15.2. The molecule has 0 aromatic rings. The summed E-state index contributed by atoms with van der Waals surface area (Å²) in [7, 11) is -3.88. The summed E-state index contributed by atoms with van der Waals surface area (Å²) < 4.78 is 35.1. The Balaban J connectivity index is -0.000000168. The van der Waals surface area contributed by atoms with Crippen LogP contribution in [0.25, 0.3) is 0 Å². The topological polar surface area (TPSA) is 150 Å². The van der Waals surface area contributed by atoms with Crippen molar-refractivity contribution in [3.05, 3.63) is 0 Å². The molecule has 0 aliphatic carbocycles. The van der Waals surface area contributed by atoms with Crippen molar-refractivity contribution in [2.45, 2.75) is 64.3 Å². The van der Waals surface area contributed by atoms with Crippen LogP contribution in [0.4, 0.5) is 4.53 Å². The minimum absolute atomic E-state index is 0. The van der Waals surface area contributed by atoms with Crippen molar-refractivity contribution < 1.29 is 96.2 Å². The Kier molecular flexibility index (Phi) is 28.1. The van der Waals surface area contributed by atoms with Gasteiger partial charge in [-0.1, -0.05) is 43.4 Å². The number of hydrogen-bond donors (Lipinski definition) is 1. The van der Waals surface area contributed by atoms with Crippen LogP contribution in [-0.4, -0.2) is 32.2 Å². The number of rotatable bonds is 12. The maximum Gasteiger partial charge on any atom is 1.00 e. The maximum atomic E-state index is 11.3. The third kappa shape index (κ3) is 27.1. The Bertz CT molecular complexity index is 438. The van der Waals surface area contributed by atoms with Crippen LogP contribution in [0.1, 0.15) is 58.3 Å². The van der Waals surface area contributed by atoms with Crippen molar-refractivity contribution in [2.75, 3.05) is 5.75 Å². The number of halogens is 1. The molecule has 25 heavy (non-hydrogen) atoms.